The second-order valence-corrected chi connectivity index (χ2v) is 22.1. The van der Waals surface area contributed by atoms with Crippen LogP contribution in [0.15, 0.2) is 0 Å². The van der Waals surface area contributed by atoms with Gasteiger partial charge in [0.25, 0.3) is 7.82 Å². The lowest BCUT2D eigenvalue weighted by atomic mass is 10.0. The molecule has 1 amide bonds. The topological polar surface area (TPSA) is 108 Å². The number of nitrogens with zero attached hydrogens (tertiary/aromatic N) is 1. The summed E-state index contributed by atoms with van der Waals surface area (Å²) in [5.41, 5.74) is 0. The monoisotopic (exact) mass is 915 g/mol. The molecular formula is C54H111N2O6P. The maximum atomic E-state index is 12.7. The van der Waals surface area contributed by atoms with Crippen LogP contribution >= 0.6 is 7.82 Å². The molecule has 0 bridgehead atoms. The number of nitrogens with one attached hydrogen (secondary N) is 1. The zero-order chi connectivity index (χ0) is 46.4. The molecule has 0 rings (SSSR count). The highest BCUT2D eigenvalue weighted by molar-refractivity contribution is 7.45. The number of quaternary nitrogens is 1. The summed E-state index contributed by atoms with van der Waals surface area (Å²) in [5.74, 6) is -0.170. The molecule has 378 valence electrons. The van der Waals surface area contributed by atoms with Crippen molar-refractivity contribution in [3.8, 4) is 0 Å². The smallest absolute Gasteiger partial charge is 0.268 e. The lowest BCUT2D eigenvalue weighted by Crippen LogP contribution is -2.46. The lowest BCUT2D eigenvalue weighted by molar-refractivity contribution is -0.870. The SMILES string of the molecule is CCCCCCCCCCCCCCCCCCCCCCCCCCCCCCCCCCCCCCCCC(=O)NC(COP(=O)([O-])OCC[N+](C)(C)C)C(O)CCCCC. The summed E-state index contributed by atoms with van der Waals surface area (Å²) >= 11 is 0. The van der Waals surface area contributed by atoms with E-state index in [1.807, 2.05) is 21.1 Å². The molecule has 0 aromatic carbocycles. The third-order valence-electron chi connectivity index (χ3n) is 13.1. The standard InChI is InChI=1S/C54H111N2O6P/c1-6-8-10-11-12-13-14-15-16-17-18-19-20-21-22-23-24-25-26-27-28-29-30-31-32-33-34-35-36-37-38-39-40-41-42-43-44-46-48-54(58)55-52(53(57)47-45-9-7-2)51-62-63(59,60)61-50-49-56(3,4)5/h52-53,57H,6-51H2,1-5H3,(H-,55,58,59,60). The maximum Gasteiger partial charge on any atom is 0.268 e. The second kappa shape index (κ2) is 46.6. The predicted octanol–water partition coefficient (Wildman–Crippen LogP) is 15.9. The molecule has 0 saturated carbocycles. The molecule has 9 heteroatoms. The number of carbonyl (C=O) groups is 1. The number of aliphatic hydroxyl groups is 1. The number of rotatable bonds is 52. The minimum atomic E-state index is -4.54. The van der Waals surface area contributed by atoms with Crippen molar-refractivity contribution in [3.05, 3.63) is 0 Å². The van der Waals surface area contributed by atoms with E-state index in [0.29, 0.717) is 23.9 Å². The number of phosphoric ester groups is 1. The first kappa shape index (κ1) is 62.5. The molecule has 0 radical (unpaired) electrons. The molecule has 3 atom stereocenters. The van der Waals surface area contributed by atoms with Crippen LogP contribution in [0.1, 0.15) is 290 Å². The molecule has 0 aliphatic heterocycles. The molecule has 0 aliphatic rings. The molecule has 3 unspecified atom stereocenters. The van der Waals surface area contributed by atoms with Crippen molar-refractivity contribution in [3.63, 3.8) is 0 Å². The fourth-order valence-electron chi connectivity index (χ4n) is 8.69. The Bertz CT molecular complexity index is 994. The Morgan fingerprint density at radius 1 is 0.492 bits per heavy atom. The van der Waals surface area contributed by atoms with Crippen LogP contribution in [0.25, 0.3) is 0 Å². The summed E-state index contributed by atoms with van der Waals surface area (Å²) in [7, 11) is 1.31. The van der Waals surface area contributed by atoms with Gasteiger partial charge in [-0.15, -0.1) is 0 Å². The molecule has 0 fully saturated rings. The number of likely N-dealkylation sites (N-methyl/N-ethyl adjacent to an activating group) is 1. The second-order valence-electron chi connectivity index (χ2n) is 20.7. The van der Waals surface area contributed by atoms with Gasteiger partial charge in [0.1, 0.15) is 13.2 Å². The fraction of sp³-hybridized carbons (Fsp3) is 0.981. The summed E-state index contributed by atoms with van der Waals surface area (Å²) in [6.07, 6.45) is 55.6. The van der Waals surface area contributed by atoms with Crippen LogP contribution in [0.4, 0.5) is 0 Å². The molecule has 2 N–H and O–H groups in total. The molecule has 0 saturated heterocycles. The van der Waals surface area contributed by atoms with E-state index in [-0.39, 0.29) is 19.1 Å². The summed E-state index contributed by atoms with van der Waals surface area (Å²) < 4.78 is 23.0. The van der Waals surface area contributed by atoms with Gasteiger partial charge >= 0.3 is 0 Å². The predicted molar refractivity (Wildman–Crippen MR) is 270 cm³/mol. The van der Waals surface area contributed by atoms with Gasteiger partial charge in [0.05, 0.1) is 39.9 Å². The molecule has 8 nitrogen and oxygen atoms in total. The van der Waals surface area contributed by atoms with E-state index in [1.54, 1.807) is 0 Å². The van der Waals surface area contributed by atoms with Gasteiger partial charge in [-0.2, -0.15) is 0 Å². The van der Waals surface area contributed by atoms with Crippen LogP contribution in [0.5, 0.6) is 0 Å². The van der Waals surface area contributed by atoms with E-state index in [4.69, 9.17) is 9.05 Å². The van der Waals surface area contributed by atoms with Crippen molar-refractivity contribution < 1.29 is 32.9 Å². The number of aliphatic hydroxyl groups excluding tert-OH is 1. The highest BCUT2D eigenvalue weighted by Gasteiger charge is 2.24. The average molecular weight is 915 g/mol. The van der Waals surface area contributed by atoms with E-state index in [9.17, 15) is 19.4 Å². The first-order valence-corrected chi connectivity index (χ1v) is 29.3. The minimum Gasteiger partial charge on any atom is -0.756 e. The van der Waals surface area contributed by atoms with Crippen LogP contribution in [0.3, 0.4) is 0 Å². The first-order chi connectivity index (χ1) is 30.5. The normalized spacial score (nSPS) is 14.0. The molecule has 0 aromatic heterocycles. The highest BCUT2D eigenvalue weighted by atomic mass is 31.2. The van der Waals surface area contributed by atoms with Gasteiger partial charge in [-0.1, -0.05) is 271 Å². The summed E-state index contributed by atoms with van der Waals surface area (Å²) in [6, 6.07) is -0.790. The summed E-state index contributed by atoms with van der Waals surface area (Å²) in [6.45, 7) is 4.58. The Balaban J connectivity index is 3.55. The van der Waals surface area contributed by atoms with E-state index in [2.05, 4.69) is 19.2 Å². The van der Waals surface area contributed by atoms with Gasteiger partial charge in [-0.05, 0) is 12.8 Å². The number of phosphoric acid groups is 1. The molecule has 0 aliphatic carbocycles. The molecule has 0 heterocycles. The molecule has 63 heavy (non-hydrogen) atoms. The number of unbranched alkanes of at least 4 members (excludes halogenated alkanes) is 39. The lowest BCUT2D eigenvalue weighted by Gasteiger charge is -2.30. The molecule has 0 spiro atoms. The van der Waals surface area contributed by atoms with Crippen LogP contribution in [-0.4, -0.2) is 68.5 Å². The quantitative estimate of drug-likeness (QED) is 0.0357. The molecule has 0 aromatic rings. The van der Waals surface area contributed by atoms with E-state index in [0.717, 1.165) is 38.5 Å². The van der Waals surface area contributed by atoms with Gasteiger partial charge in [0.2, 0.25) is 5.91 Å². The van der Waals surface area contributed by atoms with Gasteiger partial charge < -0.3 is 28.8 Å². The number of carbonyl (C=O) groups excluding carboxylic acids is 1. The first-order valence-electron chi connectivity index (χ1n) is 27.9. The summed E-state index contributed by atoms with van der Waals surface area (Å²) in [5, 5.41) is 13.6. The van der Waals surface area contributed by atoms with Gasteiger partial charge in [-0.3, -0.25) is 9.36 Å². The summed E-state index contributed by atoms with van der Waals surface area (Å²) in [4.78, 5) is 25.0. The zero-order valence-corrected chi connectivity index (χ0v) is 44.0. The Morgan fingerprint density at radius 3 is 1.08 bits per heavy atom. The van der Waals surface area contributed by atoms with E-state index >= 15 is 0 Å². The van der Waals surface area contributed by atoms with Crippen LogP contribution in [0.2, 0.25) is 0 Å². The Hall–Kier alpha value is -0.500. The number of hydrogen-bond acceptors (Lipinski definition) is 6. The van der Waals surface area contributed by atoms with Crippen molar-refractivity contribution in [2.45, 2.75) is 302 Å². The van der Waals surface area contributed by atoms with Crippen LogP contribution in [-0.2, 0) is 18.4 Å². The van der Waals surface area contributed by atoms with E-state index in [1.165, 1.54) is 225 Å². The van der Waals surface area contributed by atoms with Crippen molar-refractivity contribution in [2.24, 2.45) is 0 Å². The van der Waals surface area contributed by atoms with Crippen molar-refractivity contribution in [1.29, 1.82) is 0 Å². The molecular weight excluding hydrogens is 804 g/mol. The van der Waals surface area contributed by atoms with Crippen molar-refractivity contribution >= 4 is 13.7 Å². The van der Waals surface area contributed by atoms with Gasteiger partial charge in [0, 0.05) is 6.42 Å². The third kappa shape index (κ3) is 49.2. The van der Waals surface area contributed by atoms with Crippen molar-refractivity contribution in [2.75, 3.05) is 40.9 Å². The minimum absolute atomic E-state index is 0.0140. The van der Waals surface area contributed by atoms with Crippen LogP contribution < -0.4 is 10.2 Å². The van der Waals surface area contributed by atoms with E-state index < -0.39 is 20.0 Å². The Labute approximate surface area is 393 Å². The highest BCUT2D eigenvalue weighted by Crippen LogP contribution is 2.38. The van der Waals surface area contributed by atoms with Crippen molar-refractivity contribution in [1.82, 2.24) is 5.32 Å². The Kier molecular flexibility index (Phi) is 46.2. The van der Waals surface area contributed by atoms with Gasteiger partial charge in [0.15, 0.2) is 0 Å². The zero-order valence-electron chi connectivity index (χ0n) is 43.1. The number of amides is 1. The van der Waals surface area contributed by atoms with Crippen LogP contribution in [0, 0.1) is 0 Å². The largest absolute Gasteiger partial charge is 0.756 e. The Morgan fingerprint density at radius 2 is 0.778 bits per heavy atom. The van der Waals surface area contributed by atoms with Gasteiger partial charge in [-0.25, -0.2) is 0 Å². The number of hydrogen-bond donors (Lipinski definition) is 2. The maximum absolute atomic E-state index is 12.7. The fourth-order valence-corrected chi connectivity index (χ4v) is 9.41. The third-order valence-corrected chi connectivity index (χ3v) is 14.1. The average Bonchev–Trinajstić information content (AvgIpc) is 3.24.